The van der Waals surface area contributed by atoms with Crippen LogP contribution in [0.3, 0.4) is 0 Å². The lowest BCUT2D eigenvalue weighted by Gasteiger charge is -2.36. The zero-order valence-electron chi connectivity index (χ0n) is 11.6. The molecule has 19 heavy (non-hydrogen) atoms. The van der Waals surface area contributed by atoms with Gasteiger partial charge in [-0.3, -0.25) is 9.88 Å². The van der Waals surface area contributed by atoms with E-state index in [1.54, 1.807) is 0 Å². The van der Waals surface area contributed by atoms with Crippen LogP contribution in [0.2, 0.25) is 0 Å². The van der Waals surface area contributed by atoms with Crippen LogP contribution in [-0.4, -0.2) is 19.8 Å². The van der Waals surface area contributed by atoms with Crippen molar-refractivity contribution in [3.8, 4) is 0 Å². The van der Waals surface area contributed by atoms with Crippen molar-refractivity contribution in [1.82, 2.24) is 5.32 Å². The molecule has 0 radical (unpaired) electrons. The Hall–Kier alpha value is -0.670. The molecular weight excluding hydrogens is 261 g/mol. The van der Waals surface area contributed by atoms with Crippen LogP contribution in [0, 0.1) is 0 Å². The highest BCUT2D eigenvalue weighted by Crippen LogP contribution is 2.66. The third kappa shape index (κ3) is 2.63. The molecule has 1 saturated heterocycles. The van der Waals surface area contributed by atoms with Gasteiger partial charge >= 0.3 is 7.60 Å². The number of hydrogen-bond acceptors (Lipinski definition) is 4. The van der Waals surface area contributed by atoms with Crippen LogP contribution >= 0.6 is 7.60 Å². The average Bonchev–Trinajstić information content (AvgIpc) is 2.91. The summed E-state index contributed by atoms with van der Waals surface area (Å²) < 4.78 is 24.4. The first-order valence-corrected chi connectivity index (χ1v) is 8.42. The second-order valence-electron chi connectivity index (χ2n) is 4.59. The first-order chi connectivity index (χ1) is 9.18. The molecule has 1 atom stereocenters. The van der Waals surface area contributed by atoms with Gasteiger partial charge in [0, 0.05) is 0 Å². The number of hydrogen-bond donors (Lipinski definition) is 1. The number of rotatable bonds is 6. The first kappa shape index (κ1) is 14.7. The lowest BCUT2D eigenvalue weighted by atomic mass is 10.0. The second-order valence-corrected chi connectivity index (χ2v) is 6.86. The fourth-order valence-electron chi connectivity index (χ4n) is 2.68. The van der Waals surface area contributed by atoms with Crippen molar-refractivity contribution in [3.05, 3.63) is 35.9 Å². The highest BCUT2D eigenvalue weighted by atomic mass is 31.2. The van der Waals surface area contributed by atoms with E-state index in [1.807, 2.05) is 44.2 Å². The Balaban J connectivity index is 2.46. The summed E-state index contributed by atoms with van der Waals surface area (Å²) in [5.41, 5.74) is 0.984. The molecule has 5 heteroatoms. The predicted octanol–water partition coefficient (Wildman–Crippen LogP) is 3.49. The zero-order chi connectivity index (χ0) is 13.8. The minimum absolute atomic E-state index is 0.382. The molecule has 1 aromatic carbocycles. The molecule has 106 valence electrons. The van der Waals surface area contributed by atoms with Crippen molar-refractivity contribution < 1.29 is 13.6 Å². The molecule has 1 aromatic rings. The molecule has 1 heterocycles. The van der Waals surface area contributed by atoms with E-state index in [1.165, 1.54) is 0 Å². The molecule has 1 unspecified atom stereocenters. The fraction of sp³-hybridized carbons (Fsp3) is 0.571. The monoisotopic (exact) mass is 283 g/mol. The van der Waals surface area contributed by atoms with Crippen LogP contribution in [-0.2, 0) is 18.9 Å². The summed E-state index contributed by atoms with van der Waals surface area (Å²) in [7, 11) is -3.23. The van der Waals surface area contributed by atoms with Crippen molar-refractivity contribution in [2.24, 2.45) is 0 Å². The lowest BCUT2D eigenvalue weighted by molar-refractivity contribution is 0.190. The molecule has 1 aliphatic heterocycles. The Labute approximate surface area is 115 Å². The van der Waals surface area contributed by atoms with Crippen LogP contribution in [0.5, 0.6) is 0 Å². The topological polar surface area (TPSA) is 47.6 Å². The molecule has 0 spiro atoms. The van der Waals surface area contributed by atoms with Crippen molar-refractivity contribution in [2.45, 2.75) is 32.0 Å². The maximum Gasteiger partial charge on any atom is 0.355 e. The fourth-order valence-corrected chi connectivity index (χ4v) is 5.08. The molecule has 1 aliphatic rings. The maximum atomic E-state index is 13.2. The van der Waals surface area contributed by atoms with E-state index < -0.39 is 12.9 Å². The van der Waals surface area contributed by atoms with E-state index in [9.17, 15) is 4.57 Å². The van der Waals surface area contributed by atoms with Gasteiger partial charge in [-0.2, -0.15) is 0 Å². The lowest BCUT2D eigenvalue weighted by Crippen LogP contribution is -2.38. The third-order valence-corrected chi connectivity index (χ3v) is 6.22. The summed E-state index contributed by atoms with van der Waals surface area (Å²) in [6.45, 7) is 5.29. The molecule has 1 N–H and O–H groups in total. The summed E-state index contributed by atoms with van der Waals surface area (Å²) in [5.74, 6) is 0. The van der Waals surface area contributed by atoms with E-state index in [0.717, 1.165) is 24.9 Å². The first-order valence-electron chi connectivity index (χ1n) is 6.88. The SMILES string of the molecule is CCOP(=O)(OCC)C1(c2ccccc2)CCCN1. The van der Waals surface area contributed by atoms with Crippen LogP contribution in [0.25, 0.3) is 0 Å². The molecule has 2 rings (SSSR count). The predicted molar refractivity (Wildman–Crippen MR) is 76.2 cm³/mol. The molecule has 0 amide bonds. The van der Waals surface area contributed by atoms with E-state index >= 15 is 0 Å². The quantitative estimate of drug-likeness (QED) is 0.812. The Morgan fingerprint density at radius 2 is 1.84 bits per heavy atom. The molecular formula is C14H22NO3P. The zero-order valence-corrected chi connectivity index (χ0v) is 12.5. The van der Waals surface area contributed by atoms with Crippen LogP contribution in [0.15, 0.2) is 30.3 Å². The Kier molecular flexibility index (Phi) is 4.80. The standard InChI is InChI=1S/C14H22NO3P/c1-3-17-19(16,18-4-2)14(11-8-12-15-14)13-9-6-5-7-10-13/h5-7,9-10,15H,3-4,8,11-12H2,1-2H3. The van der Waals surface area contributed by atoms with Gasteiger partial charge in [0.05, 0.1) is 13.2 Å². The van der Waals surface area contributed by atoms with Gasteiger partial charge in [0.25, 0.3) is 0 Å². The van der Waals surface area contributed by atoms with Gasteiger partial charge in [-0.25, -0.2) is 0 Å². The molecule has 4 nitrogen and oxygen atoms in total. The van der Waals surface area contributed by atoms with E-state index in [4.69, 9.17) is 9.05 Å². The van der Waals surface area contributed by atoms with Crippen molar-refractivity contribution >= 4 is 7.60 Å². The minimum Gasteiger partial charge on any atom is -0.307 e. The van der Waals surface area contributed by atoms with Crippen LogP contribution in [0.1, 0.15) is 32.3 Å². The Morgan fingerprint density at radius 3 is 2.32 bits per heavy atom. The van der Waals surface area contributed by atoms with Gasteiger partial charge in [-0.1, -0.05) is 30.3 Å². The highest BCUT2D eigenvalue weighted by Gasteiger charge is 2.53. The minimum atomic E-state index is -3.23. The summed E-state index contributed by atoms with van der Waals surface area (Å²) in [6.07, 6.45) is 1.74. The largest absolute Gasteiger partial charge is 0.355 e. The molecule has 0 saturated carbocycles. The van der Waals surface area contributed by atoms with Gasteiger partial charge in [0.1, 0.15) is 5.28 Å². The molecule has 0 bridgehead atoms. The van der Waals surface area contributed by atoms with Crippen LogP contribution < -0.4 is 5.32 Å². The van der Waals surface area contributed by atoms with E-state index in [0.29, 0.717) is 13.2 Å². The summed E-state index contributed by atoms with van der Waals surface area (Å²) >= 11 is 0. The number of nitrogens with one attached hydrogen (secondary N) is 1. The second kappa shape index (κ2) is 6.19. The van der Waals surface area contributed by atoms with Crippen molar-refractivity contribution in [1.29, 1.82) is 0 Å². The van der Waals surface area contributed by atoms with Gasteiger partial charge in [-0.05, 0) is 38.8 Å². The maximum absolute atomic E-state index is 13.2. The summed E-state index contributed by atoms with van der Waals surface area (Å²) in [6, 6.07) is 9.85. The van der Waals surface area contributed by atoms with E-state index in [2.05, 4.69) is 5.32 Å². The van der Waals surface area contributed by atoms with Crippen LogP contribution in [0.4, 0.5) is 0 Å². The summed E-state index contributed by atoms with van der Waals surface area (Å²) in [5, 5.41) is 2.69. The van der Waals surface area contributed by atoms with Gasteiger partial charge in [0.15, 0.2) is 0 Å². The van der Waals surface area contributed by atoms with Crippen molar-refractivity contribution in [2.75, 3.05) is 19.8 Å². The smallest absolute Gasteiger partial charge is 0.307 e. The highest BCUT2D eigenvalue weighted by molar-refractivity contribution is 7.55. The molecule has 0 aliphatic carbocycles. The van der Waals surface area contributed by atoms with Gasteiger partial charge < -0.3 is 9.05 Å². The van der Waals surface area contributed by atoms with Crippen molar-refractivity contribution in [3.63, 3.8) is 0 Å². The van der Waals surface area contributed by atoms with Gasteiger partial charge in [0.2, 0.25) is 0 Å². The number of benzene rings is 1. The van der Waals surface area contributed by atoms with Gasteiger partial charge in [-0.15, -0.1) is 0 Å². The normalized spacial score (nSPS) is 23.7. The van der Waals surface area contributed by atoms with E-state index in [-0.39, 0.29) is 0 Å². The summed E-state index contributed by atoms with van der Waals surface area (Å²) in [4.78, 5) is 0. The molecule has 1 fully saturated rings. The molecule has 0 aromatic heterocycles. The average molecular weight is 283 g/mol. The Bertz CT molecular complexity index is 433. The Morgan fingerprint density at radius 1 is 1.21 bits per heavy atom. The third-order valence-electron chi connectivity index (χ3n) is 3.45.